The van der Waals surface area contributed by atoms with Crippen molar-refractivity contribution >= 4 is 27.5 Å². The summed E-state index contributed by atoms with van der Waals surface area (Å²) in [5, 5.41) is 0.716. The molecule has 0 fully saturated rings. The first-order chi connectivity index (χ1) is 9.58. The summed E-state index contributed by atoms with van der Waals surface area (Å²) in [6, 6.07) is 13.8. The normalized spacial score (nSPS) is 12.2. The maximum absolute atomic E-state index is 6.14. The van der Waals surface area contributed by atoms with E-state index in [0.29, 0.717) is 11.6 Å². The van der Waals surface area contributed by atoms with E-state index < -0.39 is 0 Å². The SMILES string of the molecule is CC(N)Cc1cccc(Br)c1OCc1ccccc1Cl. The van der Waals surface area contributed by atoms with Gasteiger partial charge in [-0.05, 0) is 47.0 Å². The molecule has 0 spiro atoms. The molecule has 2 aromatic rings. The van der Waals surface area contributed by atoms with Gasteiger partial charge in [-0.25, -0.2) is 0 Å². The number of para-hydroxylation sites is 1. The molecule has 0 saturated heterocycles. The number of nitrogens with two attached hydrogens (primary N) is 1. The van der Waals surface area contributed by atoms with Crippen molar-refractivity contribution in [2.45, 2.75) is 26.0 Å². The maximum atomic E-state index is 6.14. The van der Waals surface area contributed by atoms with E-state index in [9.17, 15) is 0 Å². The summed E-state index contributed by atoms with van der Waals surface area (Å²) < 4.78 is 6.88. The lowest BCUT2D eigenvalue weighted by atomic mass is 10.1. The molecule has 0 radical (unpaired) electrons. The predicted octanol–water partition coefficient (Wildman–Crippen LogP) is 4.57. The number of hydrogen-bond donors (Lipinski definition) is 1. The Morgan fingerprint density at radius 2 is 1.85 bits per heavy atom. The summed E-state index contributed by atoms with van der Waals surface area (Å²) in [6.45, 7) is 2.42. The zero-order valence-electron chi connectivity index (χ0n) is 11.3. The second kappa shape index (κ2) is 7.11. The van der Waals surface area contributed by atoms with Crippen molar-refractivity contribution in [1.29, 1.82) is 0 Å². The van der Waals surface area contributed by atoms with Gasteiger partial charge in [0.05, 0.1) is 4.47 Å². The molecule has 0 amide bonds. The number of benzene rings is 2. The lowest BCUT2D eigenvalue weighted by molar-refractivity contribution is 0.300. The van der Waals surface area contributed by atoms with Crippen LogP contribution in [0.1, 0.15) is 18.1 Å². The van der Waals surface area contributed by atoms with E-state index >= 15 is 0 Å². The van der Waals surface area contributed by atoms with Crippen LogP contribution in [0.5, 0.6) is 5.75 Å². The molecule has 0 saturated carbocycles. The average Bonchev–Trinajstić information content (AvgIpc) is 2.39. The summed E-state index contributed by atoms with van der Waals surface area (Å²) in [4.78, 5) is 0. The van der Waals surface area contributed by atoms with Gasteiger partial charge in [-0.1, -0.05) is 41.9 Å². The van der Waals surface area contributed by atoms with Crippen LogP contribution in [0.3, 0.4) is 0 Å². The van der Waals surface area contributed by atoms with Crippen molar-refractivity contribution in [1.82, 2.24) is 0 Å². The van der Waals surface area contributed by atoms with E-state index in [1.165, 1.54) is 0 Å². The van der Waals surface area contributed by atoms with Crippen LogP contribution in [0.4, 0.5) is 0 Å². The second-order valence-electron chi connectivity index (χ2n) is 4.79. The van der Waals surface area contributed by atoms with Crippen molar-refractivity contribution < 1.29 is 4.74 Å². The third-order valence-corrected chi connectivity index (χ3v) is 3.91. The first-order valence-electron chi connectivity index (χ1n) is 6.47. The Hall–Kier alpha value is -1.03. The lowest BCUT2D eigenvalue weighted by Gasteiger charge is -2.15. The standard InChI is InChI=1S/C16H17BrClNO/c1-11(19)9-12-6-4-7-14(17)16(12)20-10-13-5-2-3-8-15(13)18/h2-8,11H,9-10,19H2,1H3. The van der Waals surface area contributed by atoms with Crippen molar-refractivity contribution in [3.63, 3.8) is 0 Å². The second-order valence-corrected chi connectivity index (χ2v) is 6.05. The van der Waals surface area contributed by atoms with Gasteiger partial charge in [-0.2, -0.15) is 0 Å². The molecule has 1 atom stereocenters. The molecule has 1 unspecified atom stereocenters. The highest BCUT2D eigenvalue weighted by Gasteiger charge is 2.10. The minimum atomic E-state index is 0.0898. The highest BCUT2D eigenvalue weighted by molar-refractivity contribution is 9.10. The predicted molar refractivity (Wildman–Crippen MR) is 87.3 cm³/mol. The summed E-state index contributed by atoms with van der Waals surface area (Å²) in [5.41, 5.74) is 7.95. The van der Waals surface area contributed by atoms with Crippen molar-refractivity contribution in [3.8, 4) is 5.75 Å². The molecule has 20 heavy (non-hydrogen) atoms. The Labute approximate surface area is 133 Å². The van der Waals surface area contributed by atoms with Gasteiger partial charge >= 0.3 is 0 Å². The van der Waals surface area contributed by atoms with Gasteiger partial charge in [0.15, 0.2) is 0 Å². The topological polar surface area (TPSA) is 35.2 Å². The Kier molecular flexibility index (Phi) is 5.46. The fourth-order valence-electron chi connectivity index (χ4n) is 1.99. The Morgan fingerprint density at radius 1 is 1.15 bits per heavy atom. The molecular weight excluding hydrogens is 338 g/mol. The molecule has 0 bridgehead atoms. The van der Waals surface area contributed by atoms with Crippen LogP contribution >= 0.6 is 27.5 Å². The third-order valence-electron chi connectivity index (χ3n) is 2.92. The summed E-state index contributed by atoms with van der Waals surface area (Å²) in [5.74, 6) is 0.838. The van der Waals surface area contributed by atoms with Crippen molar-refractivity contribution in [2.75, 3.05) is 0 Å². The van der Waals surface area contributed by atoms with E-state index in [2.05, 4.69) is 15.9 Å². The van der Waals surface area contributed by atoms with Gasteiger partial charge in [0.2, 0.25) is 0 Å². The Balaban J connectivity index is 2.18. The van der Waals surface area contributed by atoms with Crippen molar-refractivity contribution in [3.05, 3.63) is 63.1 Å². The van der Waals surface area contributed by atoms with E-state index in [1.54, 1.807) is 0 Å². The minimum absolute atomic E-state index is 0.0898. The Bertz CT molecular complexity index is 586. The van der Waals surface area contributed by atoms with Gasteiger partial charge in [0, 0.05) is 16.6 Å². The quantitative estimate of drug-likeness (QED) is 0.853. The largest absolute Gasteiger partial charge is 0.487 e. The van der Waals surface area contributed by atoms with Gasteiger partial charge < -0.3 is 10.5 Å². The van der Waals surface area contributed by atoms with E-state index in [1.807, 2.05) is 49.4 Å². The summed E-state index contributed by atoms with van der Waals surface area (Å²) >= 11 is 9.67. The summed E-state index contributed by atoms with van der Waals surface area (Å²) in [6.07, 6.45) is 0.775. The number of halogens is 2. The zero-order valence-corrected chi connectivity index (χ0v) is 13.6. The van der Waals surface area contributed by atoms with Crippen molar-refractivity contribution in [2.24, 2.45) is 5.73 Å². The van der Waals surface area contributed by atoms with Gasteiger partial charge in [0.25, 0.3) is 0 Å². The first-order valence-corrected chi connectivity index (χ1v) is 7.64. The highest BCUT2D eigenvalue weighted by atomic mass is 79.9. The van der Waals surface area contributed by atoms with Crippen LogP contribution in [0.15, 0.2) is 46.9 Å². The average molecular weight is 355 g/mol. The van der Waals surface area contributed by atoms with E-state index in [4.69, 9.17) is 22.1 Å². The van der Waals surface area contributed by atoms with Crippen LogP contribution < -0.4 is 10.5 Å². The van der Waals surface area contributed by atoms with Crippen LogP contribution in [-0.2, 0) is 13.0 Å². The van der Waals surface area contributed by atoms with E-state index in [0.717, 1.165) is 27.8 Å². The van der Waals surface area contributed by atoms with Crippen LogP contribution in [0.2, 0.25) is 5.02 Å². The van der Waals surface area contributed by atoms with Gasteiger partial charge in [-0.15, -0.1) is 0 Å². The number of ether oxygens (including phenoxy) is 1. The molecule has 2 N–H and O–H groups in total. The number of rotatable bonds is 5. The molecule has 0 aromatic heterocycles. The molecule has 0 heterocycles. The molecule has 4 heteroatoms. The maximum Gasteiger partial charge on any atom is 0.137 e. The lowest BCUT2D eigenvalue weighted by Crippen LogP contribution is -2.18. The first kappa shape index (κ1) is 15.4. The molecule has 0 aliphatic carbocycles. The Morgan fingerprint density at radius 3 is 2.55 bits per heavy atom. The van der Waals surface area contributed by atoms with Crippen LogP contribution in [0.25, 0.3) is 0 Å². The smallest absolute Gasteiger partial charge is 0.137 e. The molecule has 2 aromatic carbocycles. The summed E-state index contributed by atoms with van der Waals surface area (Å²) in [7, 11) is 0. The third kappa shape index (κ3) is 3.98. The molecule has 106 valence electrons. The molecule has 0 aliphatic heterocycles. The fourth-order valence-corrected chi connectivity index (χ4v) is 2.70. The molecular formula is C16H17BrClNO. The van der Waals surface area contributed by atoms with Crippen LogP contribution in [0, 0.1) is 0 Å². The highest BCUT2D eigenvalue weighted by Crippen LogP contribution is 2.31. The van der Waals surface area contributed by atoms with Gasteiger partial charge in [-0.3, -0.25) is 0 Å². The van der Waals surface area contributed by atoms with E-state index in [-0.39, 0.29) is 6.04 Å². The molecule has 2 nitrogen and oxygen atoms in total. The van der Waals surface area contributed by atoms with Gasteiger partial charge in [0.1, 0.15) is 12.4 Å². The van der Waals surface area contributed by atoms with Crippen LogP contribution in [-0.4, -0.2) is 6.04 Å². The molecule has 0 aliphatic rings. The fraction of sp³-hybridized carbons (Fsp3) is 0.250. The zero-order chi connectivity index (χ0) is 14.5. The minimum Gasteiger partial charge on any atom is -0.487 e. The monoisotopic (exact) mass is 353 g/mol. The molecule has 2 rings (SSSR count). The number of hydrogen-bond acceptors (Lipinski definition) is 2.